The van der Waals surface area contributed by atoms with Crippen LogP contribution in [0.5, 0.6) is 5.75 Å². The highest BCUT2D eigenvalue weighted by Gasteiger charge is 2.51. The molecule has 1 fully saturated rings. The zero-order valence-electron chi connectivity index (χ0n) is 17.3. The van der Waals surface area contributed by atoms with E-state index in [1.807, 2.05) is 6.07 Å². The number of esters is 1. The molecule has 0 N–H and O–H groups in total. The number of piperidine rings is 1. The monoisotopic (exact) mass is 377 g/mol. The lowest BCUT2D eigenvalue weighted by atomic mass is 9.55. The summed E-state index contributed by atoms with van der Waals surface area (Å²) in [5.74, 6) is 1.08. The maximum Gasteiger partial charge on any atom is 0.311 e. The van der Waals surface area contributed by atoms with Gasteiger partial charge < -0.3 is 9.64 Å². The number of carbonyl (C=O) groups is 1. The predicted octanol–water partition coefficient (Wildman–Crippen LogP) is 4.96. The molecule has 0 spiro atoms. The summed E-state index contributed by atoms with van der Waals surface area (Å²) in [7, 11) is 2.25. The molecule has 0 saturated carbocycles. The molecule has 0 amide bonds. The van der Waals surface area contributed by atoms with Crippen LogP contribution in [0.1, 0.15) is 56.2 Å². The highest BCUT2D eigenvalue weighted by Crippen LogP contribution is 2.53. The average Bonchev–Trinajstić information content (AvgIpc) is 2.71. The maximum atomic E-state index is 12.2. The molecule has 3 unspecified atom stereocenters. The van der Waals surface area contributed by atoms with Gasteiger partial charge in [-0.05, 0) is 67.6 Å². The standard InChI is InChI=1S/C25H31NO2/c1-4-5-11-24(27)28-21-13-12-19-16-23-18(2)25(22(19)17-21,14-15-26(23)3)20-9-7-6-8-10-20/h6-10,12-13,17-18,23H,4-5,11,14-16H2,1-3H3. The second-order valence-electron chi connectivity index (χ2n) is 8.52. The zero-order chi connectivity index (χ0) is 19.7. The number of unbranched alkanes of at least 4 members (excludes halogenated alkanes) is 1. The minimum atomic E-state index is -0.124. The first kappa shape index (κ1) is 19.2. The molecule has 4 rings (SSSR count). The van der Waals surface area contributed by atoms with E-state index in [1.165, 1.54) is 16.7 Å². The molecule has 0 radical (unpaired) electrons. The molecule has 1 heterocycles. The average molecular weight is 378 g/mol. The summed E-state index contributed by atoms with van der Waals surface area (Å²) in [5.41, 5.74) is 4.12. The molecule has 3 heteroatoms. The number of nitrogens with zero attached hydrogens (tertiary/aromatic N) is 1. The van der Waals surface area contributed by atoms with E-state index in [2.05, 4.69) is 68.3 Å². The molecular weight excluding hydrogens is 346 g/mol. The van der Waals surface area contributed by atoms with Gasteiger partial charge in [0.2, 0.25) is 0 Å². The van der Waals surface area contributed by atoms with E-state index in [0.29, 0.717) is 24.1 Å². The molecule has 3 nitrogen and oxygen atoms in total. The molecule has 28 heavy (non-hydrogen) atoms. The largest absolute Gasteiger partial charge is 0.427 e. The first-order chi connectivity index (χ1) is 13.6. The minimum Gasteiger partial charge on any atom is -0.427 e. The number of rotatable bonds is 5. The van der Waals surface area contributed by atoms with Crippen LogP contribution in [0.4, 0.5) is 0 Å². The van der Waals surface area contributed by atoms with E-state index in [-0.39, 0.29) is 11.4 Å². The van der Waals surface area contributed by atoms with Crippen molar-refractivity contribution in [2.75, 3.05) is 13.6 Å². The molecule has 1 aliphatic heterocycles. The Bertz CT molecular complexity index is 847. The van der Waals surface area contributed by atoms with Gasteiger partial charge >= 0.3 is 5.97 Å². The van der Waals surface area contributed by atoms with Gasteiger partial charge in [-0.2, -0.15) is 0 Å². The Hall–Kier alpha value is -2.13. The maximum absolute atomic E-state index is 12.2. The summed E-state index contributed by atoms with van der Waals surface area (Å²) in [6.07, 6.45) is 4.52. The van der Waals surface area contributed by atoms with Gasteiger partial charge in [-0.1, -0.05) is 56.7 Å². The van der Waals surface area contributed by atoms with Crippen LogP contribution < -0.4 is 4.74 Å². The van der Waals surface area contributed by atoms with E-state index in [9.17, 15) is 4.79 Å². The van der Waals surface area contributed by atoms with E-state index >= 15 is 0 Å². The van der Waals surface area contributed by atoms with Gasteiger partial charge in [-0.3, -0.25) is 4.79 Å². The Morgan fingerprint density at radius 2 is 2.00 bits per heavy atom. The Morgan fingerprint density at radius 1 is 1.21 bits per heavy atom. The highest BCUT2D eigenvalue weighted by molar-refractivity contribution is 5.72. The van der Waals surface area contributed by atoms with Crippen LogP contribution in [0, 0.1) is 5.92 Å². The van der Waals surface area contributed by atoms with Crippen LogP contribution >= 0.6 is 0 Å². The van der Waals surface area contributed by atoms with Crippen molar-refractivity contribution in [1.82, 2.24) is 4.90 Å². The second kappa shape index (κ2) is 7.71. The van der Waals surface area contributed by atoms with Crippen LogP contribution in [-0.2, 0) is 16.6 Å². The van der Waals surface area contributed by atoms with Gasteiger partial charge in [0.1, 0.15) is 5.75 Å². The number of likely N-dealkylation sites (tertiary alicyclic amines) is 1. The molecule has 1 aliphatic carbocycles. The molecule has 2 aliphatic rings. The lowest BCUT2D eigenvalue weighted by Crippen LogP contribution is -2.58. The Balaban J connectivity index is 1.78. The smallest absolute Gasteiger partial charge is 0.311 e. The lowest BCUT2D eigenvalue weighted by molar-refractivity contribution is -0.134. The Labute approximate surface area is 168 Å². The van der Waals surface area contributed by atoms with Crippen molar-refractivity contribution < 1.29 is 9.53 Å². The normalized spacial score (nSPS) is 26.5. The third-order valence-corrected chi connectivity index (χ3v) is 7.03. The number of hydrogen-bond donors (Lipinski definition) is 0. The molecule has 2 aromatic rings. The summed E-state index contributed by atoms with van der Waals surface area (Å²) in [6, 6.07) is 17.8. The fraction of sp³-hybridized carbons (Fsp3) is 0.480. The first-order valence-corrected chi connectivity index (χ1v) is 10.7. The van der Waals surface area contributed by atoms with Gasteiger partial charge in [0.15, 0.2) is 0 Å². The van der Waals surface area contributed by atoms with E-state index in [4.69, 9.17) is 4.74 Å². The van der Waals surface area contributed by atoms with Gasteiger partial charge in [0.25, 0.3) is 0 Å². The van der Waals surface area contributed by atoms with Gasteiger partial charge in [0.05, 0.1) is 0 Å². The Kier molecular flexibility index (Phi) is 5.29. The van der Waals surface area contributed by atoms with E-state index in [1.54, 1.807) is 0 Å². The van der Waals surface area contributed by atoms with E-state index in [0.717, 1.165) is 32.2 Å². The SMILES string of the molecule is CCCCC(=O)Oc1ccc2c(c1)C1(c3ccccc3)CCN(C)C(C2)C1C. The number of likely N-dealkylation sites (N-methyl/N-ethyl adjacent to an activating group) is 1. The summed E-state index contributed by atoms with van der Waals surface area (Å²) >= 11 is 0. The van der Waals surface area contributed by atoms with E-state index < -0.39 is 0 Å². The predicted molar refractivity (Wildman–Crippen MR) is 113 cm³/mol. The quantitative estimate of drug-likeness (QED) is 0.544. The third-order valence-electron chi connectivity index (χ3n) is 7.03. The van der Waals surface area contributed by atoms with Crippen LogP contribution in [0.15, 0.2) is 48.5 Å². The molecule has 3 atom stereocenters. The molecule has 148 valence electrons. The number of carbonyl (C=O) groups excluding carboxylic acids is 1. The summed E-state index contributed by atoms with van der Waals surface area (Å²) in [4.78, 5) is 14.7. The van der Waals surface area contributed by atoms with Crippen molar-refractivity contribution in [3.63, 3.8) is 0 Å². The molecule has 0 aromatic heterocycles. The molecule has 2 aromatic carbocycles. The molecule has 2 bridgehead atoms. The van der Waals surface area contributed by atoms with Crippen molar-refractivity contribution in [1.29, 1.82) is 0 Å². The summed E-state index contributed by atoms with van der Waals surface area (Å²) in [5, 5.41) is 0. The third kappa shape index (κ3) is 3.16. The number of hydrogen-bond acceptors (Lipinski definition) is 3. The zero-order valence-corrected chi connectivity index (χ0v) is 17.3. The second-order valence-corrected chi connectivity index (χ2v) is 8.52. The van der Waals surface area contributed by atoms with Crippen LogP contribution in [0.2, 0.25) is 0 Å². The highest BCUT2D eigenvalue weighted by atomic mass is 16.5. The number of ether oxygens (including phenoxy) is 1. The van der Waals surface area contributed by atoms with Gasteiger partial charge in [-0.25, -0.2) is 0 Å². The minimum absolute atomic E-state index is 0.0160. The van der Waals surface area contributed by atoms with Crippen molar-refractivity contribution in [2.45, 2.75) is 57.4 Å². The summed E-state index contributed by atoms with van der Waals surface area (Å²) < 4.78 is 5.71. The Morgan fingerprint density at radius 3 is 2.75 bits per heavy atom. The van der Waals surface area contributed by atoms with Crippen molar-refractivity contribution >= 4 is 5.97 Å². The number of benzene rings is 2. The van der Waals surface area contributed by atoms with Gasteiger partial charge in [-0.15, -0.1) is 0 Å². The summed E-state index contributed by atoms with van der Waals surface area (Å²) in [6.45, 7) is 5.58. The number of fused-ring (bicyclic) bond motifs is 4. The molecule has 1 saturated heterocycles. The van der Waals surface area contributed by atoms with Gasteiger partial charge in [0, 0.05) is 17.9 Å². The molecular formula is C25H31NO2. The fourth-order valence-corrected chi connectivity index (χ4v) is 5.41. The topological polar surface area (TPSA) is 29.5 Å². The van der Waals surface area contributed by atoms with Crippen molar-refractivity contribution in [2.24, 2.45) is 5.92 Å². The van der Waals surface area contributed by atoms with Crippen molar-refractivity contribution in [3.05, 3.63) is 65.2 Å². The lowest BCUT2D eigenvalue weighted by Gasteiger charge is -2.55. The fourth-order valence-electron chi connectivity index (χ4n) is 5.41. The van der Waals surface area contributed by atoms with Crippen LogP contribution in [-0.4, -0.2) is 30.5 Å². The van der Waals surface area contributed by atoms with Crippen LogP contribution in [0.3, 0.4) is 0 Å². The van der Waals surface area contributed by atoms with Crippen molar-refractivity contribution in [3.8, 4) is 5.75 Å². The first-order valence-electron chi connectivity index (χ1n) is 10.7. The van der Waals surface area contributed by atoms with Crippen LogP contribution in [0.25, 0.3) is 0 Å².